The second-order valence-corrected chi connectivity index (χ2v) is 4.79. The van der Waals surface area contributed by atoms with Crippen LogP contribution in [0.15, 0.2) is 29.5 Å². The Labute approximate surface area is 131 Å². The fourth-order valence-electron chi connectivity index (χ4n) is 2.06. The number of halogens is 1. The molecule has 0 spiro atoms. The van der Waals surface area contributed by atoms with E-state index in [-0.39, 0.29) is 36.0 Å². The normalized spacial score (nSPS) is 14.8. The van der Waals surface area contributed by atoms with Crippen LogP contribution in [0.1, 0.15) is 0 Å². The van der Waals surface area contributed by atoms with Crippen molar-refractivity contribution in [2.75, 3.05) is 32.5 Å². The number of carbonyl (C=O) groups excluding carboxylic acids is 2. The van der Waals surface area contributed by atoms with E-state index < -0.39 is 11.9 Å². The summed E-state index contributed by atoms with van der Waals surface area (Å²) < 4.78 is 14.7. The number of nitrogens with zero attached hydrogens (tertiary/aromatic N) is 1. The summed E-state index contributed by atoms with van der Waals surface area (Å²) in [5.41, 5.74) is 0.221. The molecule has 0 radical (unpaired) electrons. The third-order valence-electron chi connectivity index (χ3n) is 3.06. The number of ether oxygens (including phenoxy) is 3. The van der Waals surface area contributed by atoms with Gasteiger partial charge in [0.1, 0.15) is 18.2 Å². The molecule has 0 atom stereocenters. The zero-order valence-corrected chi connectivity index (χ0v) is 12.7. The van der Waals surface area contributed by atoms with Crippen LogP contribution in [0.3, 0.4) is 0 Å². The molecule has 1 aromatic rings. The van der Waals surface area contributed by atoms with Gasteiger partial charge in [-0.1, -0.05) is 11.6 Å². The molecule has 0 aromatic heterocycles. The van der Waals surface area contributed by atoms with E-state index in [1.54, 1.807) is 0 Å². The highest BCUT2D eigenvalue weighted by molar-refractivity contribution is 6.30. The molecular weight excluding hydrogens is 314 g/mol. The molecule has 2 rings (SSSR count). The largest absolute Gasteiger partial charge is 0.506 e. The van der Waals surface area contributed by atoms with Gasteiger partial charge in [0.15, 0.2) is 0 Å². The van der Waals surface area contributed by atoms with Gasteiger partial charge in [-0.3, -0.25) is 0 Å². The molecule has 1 aliphatic rings. The molecule has 22 heavy (non-hydrogen) atoms. The quantitative estimate of drug-likeness (QED) is 0.841. The van der Waals surface area contributed by atoms with Crippen molar-refractivity contribution in [2.45, 2.75) is 0 Å². The van der Waals surface area contributed by atoms with Gasteiger partial charge in [-0.25, -0.2) is 9.59 Å². The number of methoxy groups -OCH3 is 2. The van der Waals surface area contributed by atoms with Crippen molar-refractivity contribution in [1.82, 2.24) is 0 Å². The van der Waals surface area contributed by atoms with Crippen LogP contribution in [0, 0.1) is 0 Å². The van der Waals surface area contributed by atoms with Gasteiger partial charge in [0.25, 0.3) is 0 Å². The van der Waals surface area contributed by atoms with Gasteiger partial charge in [0.05, 0.1) is 32.1 Å². The molecule has 0 fully saturated rings. The maximum Gasteiger partial charge on any atom is 0.355 e. The van der Waals surface area contributed by atoms with Crippen LogP contribution in [0.25, 0.3) is 0 Å². The molecular formula is C14H14ClNO6. The minimum absolute atomic E-state index is 0.00921. The minimum atomic E-state index is -0.738. The number of hydrogen-bond donors (Lipinski definition) is 1. The second kappa shape index (κ2) is 6.67. The first-order valence-electron chi connectivity index (χ1n) is 6.23. The van der Waals surface area contributed by atoms with Crippen LogP contribution in [-0.4, -0.2) is 44.6 Å². The summed E-state index contributed by atoms with van der Waals surface area (Å²) in [7, 11) is 2.39. The molecule has 1 aromatic carbocycles. The van der Waals surface area contributed by atoms with Crippen LogP contribution in [-0.2, 0) is 23.8 Å². The number of hydrogen-bond acceptors (Lipinski definition) is 7. The average molecular weight is 328 g/mol. The number of esters is 2. The molecule has 1 heterocycles. The molecule has 0 aliphatic carbocycles. The van der Waals surface area contributed by atoms with Gasteiger partial charge < -0.3 is 24.2 Å². The van der Waals surface area contributed by atoms with E-state index in [1.165, 1.54) is 37.3 Å². The zero-order valence-electron chi connectivity index (χ0n) is 12.0. The fourth-order valence-corrected chi connectivity index (χ4v) is 2.22. The SMILES string of the molecule is COC(=O)C1=C(C(=O)OC)N(c2ccc(Cl)cc2O)COC1. The van der Waals surface area contributed by atoms with Crippen molar-refractivity contribution in [3.8, 4) is 5.75 Å². The van der Waals surface area contributed by atoms with Gasteiger partial charge in [-0.2, -0.15) is 0 Å². The molecule has 1 aliphatic heterocycles. The van der Waals surface area contributed by atoms with E-state index in [2.05, 4.69) is 4.74 Å². The summed E-state index contributed by atoms with van der Waals surface area (Å²) in [6.07, 6.45) is 0. The van der Waals surface area contributed by atoms with Crippen LogP contribution >= 0.6 is 11.6 Å². The number of anilines is 1. The highest BCUT2D eigenvalue weighted by Gasteiger charge is 2.33. The zero-order chi connectivity index (χ0) is 16.3. The summed E-state index contributed by atoms with van der Waals surface area (Å²) in [6, 6.07) is 4.36. The topological polar surface area (TPSA) is 85.3 Å². The van der Waals surface area contributed by atoms with Crippen LogP contribution in [0.2, 0.25) is 5.02 Å². The standard InChI is InChI=1S/C14H14ClNO6/c1-20-13(18)9-6-22-7-16(12(9)14(19)21-2)10-4-3-8(15)5-11(10)17/h3-5,17H,6-7H2,1-2H3. The number of phenols is 1. The van der Waals surface area contributed by atoms with Crippen molar-refractivity contribution in [3.05, 3.63) is 34.5 Å². The third kappa shape index (κ3) is 3.00. The lowest BCUT2D eigenvalue weighted by Crippen LogP contribution is -2.38. The maximum absolute atomic E-state index is 12.1. The van der Waals surface area contributed by atoms with Crippen LogP contribution in [0.4, 0.5) is 5.69 Å². The molecule has 0 saturated heterocycles. The van der Waals surface area contributed by atoms with Crippen LogP contribution in [0.5, 0.6) is 5.75 Å². The molecule has 0 unspecified atom stereocenters. The predicted octanol–water partition coefficient (Wildman–Crippen LogP) is 1.44. The number of phenolic OH excluding ortho intramolecular Hbond substituents is 1. The summed E-state index contributed by atoms with van der Waals surface area (Å²) in [4.78, 5) is 25.2. The number of aromatic hydroxyl groups is 1. The third-order valence-corrected chi connectivity index (χ3v) is 3.30. The molecule has 0 saturated carbocycles. The highest BCUT2D eigenvalue weighted by Crippen LogP contribution is 2.35. The second-order valence-electron chi connectivity index (χ2n) is 4.35. The van der Waals surface area contributed by atoms with E-state index in [0.717, 1.165) is 0 Å². The predicted molar refractivity (Wildman–Crippen MR) is 77.5 cm³/mol. The first-order chi connectivity index (χ1) is 10.5. The van der Waals surface area contributed by atoms with Gasteiger partial charge >= 0.3 is 11.9 Å². The molecule has 7 nitrogen and oxygen atoms in total. The summed E-state index contributed by atoms with van der Waals surface area (Å²) >= 11 is 5.80. The number of carbonyl (C=O) groups is 2. The van der Waals surface area contributed by atoms with Crippen molar-refractivity contribution in [3.63, 3.8) is 0 Å². The molecule has 0 amide bonds. The van der Waals surface area contributed by atoms with E-state index in [4.69, 9.17) is 21.1 Å². The lowest BCUT2D eigenvalue weighted by molar-refractivity contribution is -0.140. The van der Waals surface area contributed by atoms with Crippen molar-refractivity contribution < 1.29 is 28.9 Å². The smallest absolute Gasteiger partial charge is 0.355 e. The monoisotopic (exact) mass is 327 g/mol. The molecule has 8 heteroatoms. The highest BCUT2D eigenvalue weighted by atomic mass is 35.5. The Hall–Kier alpha value is -2.25. The lowest BCUT2D eigenvalue weighted by Gasteiger charge is -2.31. The van der Waals surface area contributed by atoms with Gasteiger partial charge in [0, 0.05) is 11.1 Å². The van der Waals surface area contributed by atoms with Gasteiger partial charge in [-0.05, 0) is 12.1 Å². The van der Waals surface area contributed by atoms with Crippen molar-refractivity contribution in [2.24, 2.45) is 0 Å². The Balaban J connectivity index is 2.57. The first-order valence-corrected chi connectivity index (χ1v) is 6.61. The minimum Gasteiger partial charge on any atom is -0.506 e. The Morgan fingerprint density at radius 2 is 1.95 bits per heavy atom. The summed E-state index contributed by atoms with van der Waals surface area (Å²) in [5, 5.41) is 10.4. The van der Waals surface area contributed by atoms with Crippen molar-refractivity contribution in [1.29, 1.82) is 0 Å². The van der Waals surface area contributed by atoms with Gasteiger partial charge in [-0.15, -0.1) is 0 Å². The number of rotatable bonds is 3. The molecule has 118 valence electrons. The van der Waals surface area contributed by atoms with Crippen LogP contribution < -0.4 is 4.90 Å². The Morgan fingerprint density at radius 1 is 1.27 bits per heavy atom. The summed E-state index contributed by atoms with van der Waals surface area (Å²) in [6.45, 7) is -0.137. The Kier molecular flexibility index (Phi) is 4.89. The van der Waals surface area contributed by atoms with E-state index in [0.29, 0.717) is 5.02 Å². The molecule has 1 N–H and O–H groups in total. The molecule has 0 bridgehead atoms. The van der Waals surface area contributed by atoms with E-state index >= 15 is 0 Å². The lowest BCUT2D eigenvalue weighted by atomic mass is 10.1. The first kappa shape index (κ1) is 16.1. The Morgan fingerprint density at radius 3 is 2.55 bits per heavy atom. The van der Waals surface area contributed by atoms with E-state index in [1.807, 2.05) is 0 Å². The maximum atomic E-state index is 12.1. The number of benzene rings is 1. The summed E-state index contributed by atoms with van der Waals surface area (Å²) in [5.74, 6) is -1.61. The van der Waals surface area contributed by atoms with Crippen molar-refractivity contribution >= 4 is 29.2 Å². The van der Waals surface area contributed by atoms with E-state index in [9.17, 15) is 14.7 Å². The Bertz CT molecular complexity index is 642. The van der Waals surface area contributed by atoms with Gasteiger partial charge in [0.2, 0.25) is 0 Å². The average Bonchev–Trinajstić information content (AvgIpc) is 2.52. The fraction of sp³-hybridized carbons (Fsp3) is 0.286.